The first-order valence-corrected chi connectivity index (χ1v) is 7.89. The number of carbonyl (C=O) groups excluding carboxylic acids is 1. The summed E-state index contributed by atoms with van der Waals surface area (Å²) in [6.07, 6.45) is 3.48. The van der Waals surface area contributed by atoms with E-state index in [9.17, 15) is 9.18 Å². The van der Waals surface area contributed by atoms with Crippen LogP contribution >= 0.6 is 11.6 Å². The Kier molecular flexibility index (Phi) is 5.10. The minimum Gasteiger partial charge on any atom is -0.458 e. The fraction of sp³-hybridized carbons (Fsp3) is 0.312. The lowest BCUT2D eigenvalue weighted by atomic mass is 10.2. The van der Waals surface area contributed by atoms with E-state index in [-0.39, 0.29) is 24.0 Å². The van der Waals surface area contributed by atoms with Crippen LogP contribution in [-0.2, 0) is 6.54 Å². The second-order valence-electron chi connectivity index (χ2n) is 5.44. The highest BCUT2D eigenvalue weighted by Gasteiger charge is 2.28. The van der Waals surface area contributed by atoms with Gasteiger partial charge in [-0.15, -0.1) is 0 Å². The Bertz CT molecular complexity index is 696. The van der Waals surface area contributed by atoms with Gasteiger partial charge in [-0.25, -0.2) is 19.2 Å². The summed E-state index contributed by atoms with van der Waals surface area (Å²) >= 11 is 5.72. The third-order valence-corrected chi connectivity index (χ3v) is 3.85. The lowest BCUT2D eigenvalue weighted by molar-refractivity contribution is 0.178. The van der Waals surface area contributed by atoms with E-state index in [1.807, 2.05) is 0 Å². The van der Waals surface area contributed by atoms with Crippen LogP contribution in [0, 0.1) is 5.82 Å². The van der Waals surface area contributed by atoms with Crippen molar-refractivity contribution in [1.29, 1.82) is 0 Å². The van der Waals surface area contributed by atoms with Gasteiger partial charge in [0.1, 0.15) is 11.9 Å². The Labute approximate surface area is 143 Å². The Morgan fingerprint density at radius 2 is 2.04 bits per heavy atom. The van der Waals surface area contributed by atoms with Crippen molar-refractivity contribution < 1.29 is 13.9 Å². The molecule has 0 saturated carbocycles. The number of rotatable bonds is 4. The van der Waals surface area contributed by atoms with Crippen molar-refractivity contribution in [3.8, 4) is 6.01 Å². The van der Waals surface area contributed by atoms with Crippen LogP contribution in [0.4, 0.5) is 9.18 Å². The molecule has 1 N–H and O–H groups in total. The highest BCUT2D eigenvalue weighted by atomic mass is 35.5. The molecule has 1 atom stereocenters. The molecule has 1 aromatic carbocycles. The van der Waals surface area contributed by atoms with Gasteiger partial charge in [0.25, 0.3) is 0 Å². The average Bonchev–Trinajstić information content (AvgIpc) is 3.05. The summed E-state index contributed by atoms with van der Waals surface area (Å²) in [6, 6.07) is 6.09. The summed E-state index contributed by atoms with van der Waals surface area (Å²) in [6.45, 7) is 1.40. The maximum Gasteiger partial charge on any atom is 0.317 e. The van der Waals surface area contributed by atoms with E-state index in [2.05, 4.69) is 15.3 Å². The third-order valence-electron chi connectivity index (χ3n) is 3.66. The standard InChI is InChI=1S/C16H16ClFN4O2/c17-12-8-19-15(20-9-12)24-14-5-6-22(10-14)16(23)21-7-11-1-3-13(18)4-2-11/h1-4,8-9,14H,5-7,10H2,(H,21,23)/t14-/m1/s1. The van der Waals surface area contributed by atoms with Crippen LogP contribution in [-0.4, -0.2) is 40.1 Å². The van der Waals surface area contributed by atoms with Gasteiger partial charge in [-0.1, -0.05) is 23.7 Å². The van der Waals surface area contributed by atoms with Crippen LogP contribution in [0.1, 0.15) is 12.0 Å². The molecule has 24 heavy (non-hydrogen) atoms. The fourth-order valence-corrected chi connectivity index (χ4v) is 2.51. The molecule has 1 aliphatic heterocycles. The Morgan fingerprint density at radius 1 is 1.33 bits per heavy atom. The zero-order chi connectivity index (χ0) is 16.9. The van der Waals surface area contributed by atoms with E-state index in [1.54, 1.807) is 17.0 Å². The van der Waals surface area contributed by atoms with Crippen LogP contribution < -0.4 is 10.1 Å². The van der Waals surface area contributed by atoms with Gasteiger partial charge in [-0.2, -0.15) is 0 Å². The predicted molar refractivity (Wildman–Crippen MR) is 86.3 cm³/mol. The van der Waals surface area contributed by atoms with Gasteiger partial charge >= 0.3 is 12.0 Å². The number of aromatic nitrogens is 2. The lowest BCUT2D eigenvalue weighted by Crippen LogP contribution is -2.39. The maximum absolute atomic E-state index is 12.8. The maximum atomic E-state index is 12.8. The number of nitrogens with zero attached hydrogens (tertiary/aromatic N) is 3. The SMILES string of the molecule is O=C(NCc1ccc(F)cc1)N1CC[C@@H](Oc2ncc(Cl)cn2)C1. The molecule has 1 aliphatic rings. The molecule has 0 radical (unpaired) electrons. The fourth-order valence-electron chi connectivity index (χ4n) is 2.41. The second-order valence-corrected chi connectivity index (χ2v) is 5.88. The summed E-state index contributed by atoms with van der Waals surface area (Å²) in [7, 11) is 0. The van der Waals surface area contributed by atoms with Gasteiger partial charge in [-0.3, -0.25) is 0 Å². The van der Waals surface area contributed by atoms with Gasteiger partial charge in [0.2, 0.25) is 0 Å². The number of ether oxygens (including phenoxy) is 1. The summed E-state index contributed by atoms with van der Waals surface area (Å²) in [5.74, 6) is -0.297. The topological polar surface area (TPSA) is 67.4 Å². The molecule has 8 heteroatoms. The van der Waals surface area contributed by atoms with Crippen LogP contribution in [0.2, 0.25) is 5.02 Å². The highest BCUT2D eigenvalue weighted by Crippen LogP contribution is 2.16. The van der Waals surface area contributed by atoms with E-state index < -0.39 is 0 Å². The summed E-state index contributed by atoms with van der Waals surface area (Å²) in [5.41, 5.74) is 0.839. The molecule has 6 nitrogen and oxygen atoms in total. The van der Waals surface area contributed by atoms with Gasteiger partial charge in [0, 0.05) is 19.5 Å². The molecular weight excluding hydrogens is 335 g/mol. The number of amides is 2. The number of hydrogen-bond acceptors (Lipinski definition) is 4. The van der Waals surface area contributed by atoms with Crippen LogP contribution in [0.25, 0.3) is 0 Å². The summed E-state index contributed by atoms with van der Waals surface area (Å²) < 4.78 is 18.5. The summed E-state index contributed by atoms with van der Waals surface area (Å²) in [4.78, 5) is 21.8. The van der Waals surface area contributed by atoms with Crippen molar-refractivity contribution in [3.63, 3.8) is 0 Å². The number of urea groups is 1. The monoisotopic (exact) mass is 350 g/mol. The Morgan fingerprint density at radius 3 is 2.75 bits per heavy atom. The van der Waals surface area contributed by atoms with Crippen LogP contribution in [0.15, 0.2) is 36.7 Å². The molecule has 2 amide bonds. The van der Waals surface area contributed by atoms with Crippen molar-refractivity contribution in [2.24, 2.45) is 0 Å². The molecule has 1 saturated heterocycles. The van der Waals surface area contributed by atoms with Crippen molar-refractivity contribution in [1.82, 2.24) is 20.2 Å². The number of nitrogens with one attached hydrogen (secondary N) is 1. The van der Waals surface area contributed by atoms with E-state index in [0.717, 1.165) is 5.56 Å². The molecule has 0 spiro atoms. The molecule has 1 aromatic heterocycles. The van der Waals surface area contributed by atoms with Crippen LogP contribution in [0.5, 0.6) is 6.01 Å². The highest BCUT2D eigenvalue weighted by molar-refractivity contribution is 6.30. The molecule has 0 unspecified atom stereocenters. The smallest absolute Gasteiger partial charge is 0.317 e. The largest absolute Gasteiger partial charge is 0.458 e. The zero-order valence-electron chi connectivity index (χ0n) is 12.8. The molecule has 1 fully saturated rings. The second kappa shape index (κ2) is 7.44. The molecule has 2 aromatic rings. The quantitative estimate of drug-likeness (QED) is 0.920. The third kappa shape index (κ3) is 4.32. The van der Waals surface area contributed by atoms with Crippen molar-refractivity contribution in [2.45, 2.75) is 19.1 Å². The first kappa shape index (κ1) is 16.4. The molecule has 3 rings (SSSR count). The Hall–Kier alpha value is -2.41. The number of likely N-dealkylation sites (tertiary alicyclic amines) is 1. The first-order chi connectivity index (χ1) is 11.6. The van der Waals surface area contributed by atoms with Crippen LogP contribution in [0.3, 0.4) is 0 Å². The molecule has 0 aliphatic carbocycles. The molecule has 2 heterocycles. The van der Waals surface area contributed by atoms with Gasteiger partial charge in [0.15, 0.2) is 0 Å². The van der Waals surface area contributed by atoms with E-state index in [0.29, 0.717) is 31.1 Å². The number of halogens is 2. The predicted octanol–water partition coefficient (Wildman–Crippen LogP) is 2.63. The minimum atomic E-state index is -0.297. The van der Waals surface area contributed by atoms with E-state index >= 15 is 0 Å². The normalized spacial score (nSPS) is 16.9. The van der Waals surface area contributed by atoms with Crippen molar-refractivity contribution >= 4 is 17.6 Å². The van der Waals surface area contributed by atoms with Crippen molar-refractivity contribution in [3.05, 3.63) is 53.1 Å². The molecular formula is C16H16ClFN4O2. The van der Waals surface area contributed by atoms with Gasteiger partial charge in [-0.05, 0) is 17.7 Å². The number of benzene rings is 1. The summed E-state index contributed by atoms with van der Waals surface area (Å²) in [5, 5.41) is 3.25. The van der Waals surface area contributed by atoms with E-state index in [4.69, 9.17) is 16.3 Å². The molecule has 126 valence electrons. The van der Waals surface area contributed by atoms with Gasteiger partial charge < -0.3 is 15.0 Å². The molecule has 0 bridgehead atoms. The Balaban J connectivity index is 1.46. The van der Waals surface area contributed by atoms with E-state index in [1.165, 1.54) is 24.5 Å². The average molecular weight is 351 g/mol. The van der Waals surface area contributed by atoms with Gasteiger partial charge in [0.05, 0.1) is 24.0 Å². The van der Waals surface area contributed by atoms with Crippen molar-refractivity contribution in [2.75, 3.05) is 13.1 Å². The first-order valence-electron chi connectivity index (χ1n) is 7.51. The minimum absolute atomic E-state index is 0.150. The zero-order valence-corrected chi connectivity index (χ0v) is 13.5. The number of carbonyl (C=O) groups is 1. The lowest BCUT2D eigenvalue weighted by Gasteiger charge is -2.17. The number of hydrogen-bond donors (Lipinski definition) is 1.